The Morgan fingerprint density at radius 1 is 1.20 bits per heavy atom. The number of amides is 1. The van der Waals surface area contributed by atoms with E-state index >= 15 is 0 Å². The molecule has 4 heteroatoms. The lowest BCUT2D eigenvalue weighted by Crippen LogP contribution is -2.27. The molecule has 0 bridgehead atoms. The monoisotopic (exact) mass is 273 g/mol. The van der Waals surface area contributed by atoms with Crippen LogP contribution in [-0.4, -0.2) is 31.3 Å². The number of hydrogen-bond acceptors (Lipinski definition) is 2. The Bertz CT molecular complexity index is 658. The van der Waals surface area contributed by atoms with Crippen molar-refractivity contribution in [1.29, 1.82) is 0 Å². The highest BCUT2D eigenvalue weighted by atomic mass is 19.1. The number of halogens is 1. The number of rotatable bonds is 3. The molecular weight excluding hydrogens is 257 g/mol. The van der Waals surface area contributed by atoms with Gasteiger partial charge in [-0.05, 0) is 16.3 Å². The van der Waals surface area contributed by atoms with E-state index in [4.69, 9.17) is 4.84 Å². The van der Waals surface area contributed by atoms with Crippen LogP contribution >= 0.6 is 0 Å². The van der Waals surface area contributed by atoms with E-state index < -0.39 is 12.1 Å². The SMILES string of the molecule is CON(C)C(=O)C1C(F)C1c1ccc2ccccc2c1. The maximum atomic E-state index is 14.0. The van der Waals surface area contributed by atoms with Gasteiger partial charge in [0.15, 0.2) is 0 Å². The quantitative estimate of drug-likeness (QED) is 0.805. The number of carbonyl (C=O) groups excluding carboxylic acids is 1. The summed E-state index contributed by atoms with van der Waals surface area (Å²) in [5.74, 6) is -1.29. The molecule has 3 nitrogen and oxygen atoms in total. The lowest BCUT2D eigenvalue weighted by atomic mass is 10.0. The number of benzene rings is 2. The summed E-state index contributed by atoms with van der Waals surface area (Å²) in [6, 6.07) is 13.8. The molecule has 2 aromatic carbocycles. The van der Waals surface area contributed by atoms with E-state index in [-0.39, 0.29) is 11.8 Å². The molecule has 20 heavy (non-hydrogen) atoms. The van der Waals surface area contributed by atoms with E-state index in [0.717, 1.165) is 21.4 Å². The number of nitrogens with zero attached hydrogens (tertiary/aromatic N) is 1. The number of carbonyl (C=O) groups is 1. The van der Waals surface area contributed by atoms with E-state index in [1.54, 1.807) is 0 Å². The first kappa shape index (κ1) is 13.1. The molecule has 2 aromatic rings. The van der Waals surface area contributed by atoms with Crippen molar-refractivity contribution in [2.45, 2.75) is 12.1 Å². The van der Waals surface area contributed by atoms with E-state index in [0.29, 0.717) is 0 Å². The fourth-order valence-electron chi connectivity index (χ4n) is 2.67. The van der Waals surface area contributed by atoms with Crippen LogP contribution in [0.1, 0.15) is 11.5 Å². The summed E-state index contributed by atoms with van der Waals surface area (Å²) in [4.78, 5) is 16.8. The Morgan fingerprint density at radius 3 is 2.60 bits per heavy atom. The van der Waals surface area contributed by atoms with Gasteiger partial charge >= 0.3 is 0 Å². The minimum atomic E-state index is -1.12. The third-order valence-electron chi connectivity index (χ3n) is 3.96. The predicted molar refractivity (Wildman–Crippen MR) is 74.9 cm³/mol. The van der Waals surface area contributed by atoms with Crippen molar-refractivity contribution in [2.75, 3.05) is 14.2 Å². The molecule has 0 heterocycles. The average molecular weight is 273 g/mol. The average Bonchev–Trinajstić information content (AvgIpc) is 3.16. The van der Waals surface area contributed by atoms with Gasteiger partial charge in [0, 0.05) is 13.0 Å². The standard InChI is InChI=1S/C16H16FNO2/c1-18(20-2)16(19)14-13(15(14)17)12-8-7-10-5-3-4-6-11(10)9-12/h3-9,13-15H,1-2H3. The summed E-state index contributed by atoms with van der Waals surface area (Å²) in [5.41, 5.74) is 0.874. The molecule has 1 amide bonds. The molecular formula is C16H16FNO2. The predicted octanol–water partition coefficient (Wildman–Crippen LogP) is 2.91. The zero-order valence-corrected chi connectivity index (χ0v) is 11.4. The summed E-state index contributed by atoms with van der Waals surface area (Å²) < 4.78 is 14.0. The summed E-state index contributed by atoms with van der Waals surface area (Å²) in [6.07, 6.45) is -1.12. The molecule has 1 aliphatic carbocycles. The highest BCUT2D eigenvalue weighted by Crippen LogP contribution is 2.51. The van der Waals surface area contributed by atoms with E-state index in [2.05, 4.69) is 0 Å². The lowest BCUT2D eigenvalue weighted by Gasteiger charge is -2.13. The van der Waals surface area contributed by atoms with Crippen LogP contribution in [-0.2, 0) is 9.63 Å². The van der Waals surface area contributed by atoms with Crippen LogP contribution in [0.5, 0.6) is 0 Å². The van der Waals surface area contributed by atoms with Gasteiger partial charge in [-0.2, -0.15) is 0 Å². The van der Waals surface area contributed by atoms with Crippen LogP contribution < -0.4 is 0 Å². The second kappa shape index (κ2) is 4.87. The maximum Gasteiger partial charge on any atom is 0.252 e. The molecule has 0 aromatic heterocycles. The highest BCUT2D eigenvalue weighted by molar-refractivity contribution is 5.86. The molecule has 0 radical (unpaired) electrons. The Morgan fingerprint density at radius 2 is 1.90 bits per heavy atom. The van der Waals surface area contributed by atoms with Crippen molar-refractivity contribution in [1.82, 2.24) is 5.06 Å². The zero-order valence-electron chi connectivity index (χ0n) is 11.4. The fraction of sp³-hybridized carbons (Fsp3) is 0.312. The van der Waals surface area contributed by atoms with Gasteiger partial charge in [0.2, 0.25) is 0 Å². The van der Waals surface area contributed by atoms with Crippen molar-refractivity contribution in [3.8, 4) is 0 Å². The van der Waals surface area contributed by atoms with Crippen LogP contribution in [0.2, 0.25) is 0 Å². The Hall–Kier alpha value is -1.94. The Labute approximate surface area is 116 Å². The first-order valence-electron chi connectivity index (χ1n) is 6.58. The first-order chi connectivity index (χ1) is 9.63. The third kappa shape index (κ3) is 2.06. The summed E-state index contributed by atoms with van der Waals surface area (Å²) in [5, 5.41) is 3.28. The van der Waals surface area contributed by atoms with Crippen molar-refractivity contribution < 1.29 is 14.0 Å². The number of alkyl halides is 1. The van der Waals surface area contributed by atoms with Gasteiger partial charge in [0.1, 0.15) is 6.17 Å². The minimum Gasteiger partial charge on any atom is -0.275 e. The largest absolute Gasteiger partial charge is 0.275 e. The summed E-state index contributed by atoms with van der Waals surface area (Å²) >= 11 is 0. The number of hydroxylamine groups is 2. The number of hydrogen-bond donors (Lipinski definition) is 0. The van der Waals surface area contributed by atoms with E-state index in [1.165, 1.54) is 14.2 Å². The van der Waals surface area contributed by atoms with Crippen LogP contribution in [0, 0.1) is 5.92 Å². The molecule has 0 saturated heterocycles. The molecule has 1 aliphatic rings. The van der Waals surface area contributed by atoms with Crippen LogP contribution in [0.4, 0.5) is 4.39 Å². The van der Waals surface area contributed by atoms with Crippen molar-refractivity contribution in [3.05, 3.63) is 48.0 Å². The van der Waals surface area contributed by atoms with Gasteiger partial charge < -0.3 is 0 Å². The summed E-state index contributed by atoms with van der Waals surface area (Å²) in [7, 11) is 2.91. The van der Waals surface area contributed by atoms with Gasteiger partial charge in [0.05, 0.1) is 13.0 Å². The van der Waals surface area contributed by atoms with Crippen molar-refractivity contribution in [3.63, 3.8) is 0 Å². The van der Waals surface area contributed by atoms with Gasteiger partial charge in [-0.25, -0.2) is 9.45 Å². The van der Waals surface area contributed by atoms with E-state index in [1.807, 2.05) is 42.5 Å². The summed E-state index contributed by atoms with van der Waals surface area (Å²) in [6.45, 7) is 0. The Balaban J connectivity index is 1.87. The molecule has 0 aliphatic heterocycles. The minimum absolute atomic E-state index is 0.307. The third-order valence-corrected chi connectivity index (χ3v) is 3.96. The molecule has 1 saturated carbocycles. The van der Waals surface area contributed by atoms with Gasteiger partial charge in [-0.15, -0.1) is 0 Å². The van der Waals surface area contributed by atoms with Gasteiger partial charge in [-0.3, -0.25) is 9.63 Å². The smallest absolute Gasteiger partial charge is 0.252 e. The van der Waals surface area contributed by atoms with Crippen molar-refractivity contribution in [2.24, 2.45) is 5.92 Å². The highest BCUT2D eigenvalue weighted by Gasteiger charge is 2.57. The lowest BCUT2D eigenvalue weighted by molar-refractivity contribution is -0.170. The Kier molecular flexibility index (Phi) is 3.18. The topological polar surface area (TPSA) is 29.5 Å². The van der Waals surface area contributed by atoms with Gasteiger partial charge in [-0.1, -0.05) is 42.5 Å². The second-order valence-electron chi connectivity index (χ2n) is 5.12. The maximum absolute atomic E-state index is 14.0. The fourth-order valence-corrected chi connectivity index (χ4v) is 2.67. The van der Waals surface area contributed by atoms with Gasteiger partial charge in [0.25, 0.3) is 5.91 Å². The normalized spacial score (nSPS) is 24.6. The van der Waals surface area contributed by atoms with Crippen molar-refractivity contribution >= 4 is 16.7 Å². The van der Waals surface area contributed by atoms with Crippen LogP contribution in [0.15, 0.2) is 42.5 Å². The van der Waals surface area contributed by atoms with Crippen LogP contribution in [0.3, 0.4) is 0 Å². The zero-order chi connectivity index (χ0) is 14.3. The van der Waals surface area contributed by atoms with E-state index in [9.17, 15) is 9.18 Å². The molecule has 3 rings (SSSR count). The second-order valence-corrected chi connectivity index (χ2v) is 5.12. The number of fused-ring (bicyclic) bond motifs is 1. The molecule has 0 spiro atoms. The van der Waals surface area contributed by atoms with Crippen LogP contribution in [0.25, 0.3) is 10.8 Å². The molecule has 1 fully saturated rings. The molecule has 0 N–H and O–H groups in total. The molecule has 3 unspecified atom stereocenters. The molecule has 104 valence electrons. The molecule has 3 atom stereocenters. The first-order valence-corrected chi connectivity index (χ1v) is 6.58.